The summed E-state index contributed by atoms with van der Waals surface area (Å²) >= 11 is 1.24. The number of benzene rings is 2. The first-order valence-electron chi connectivity index (χ1n) is 11.4. The summed E-state index contributed by atoms with van der Waals surface area (Å²) in [6.45, 7) is 1.82. The SMILES string of the molecule is COc1ccc(C#N)cc1-c1cc(C)ncc1C(=O)Nc1nc2ccc(-c3ccc(C(N)=O)cc3)nc2s1. The number of nitrogens with one attached hydrogen (secondary N) is 1. The molecule has 2 aromatic carbocycles. The molecule has 0 aliphatic heterocycles. The number of aromatic nitrogens is 3. The van der Waals surface area contributed by atoms with Crippen molar-refractivity contribution in [3.63, 3.8) is 0 Å². The molecule has 3 aromatic heterocycles. The highest BCUT2D eigenvalue weighted by atomic mass is 32.1. The molecule has 0 aliphatic rings. The van der Waals surface area contributed by atoms with E-state index in [0.29, 0.717) is 60.4 Å². The van der Waals surface area contributed by atoms with Gasteiger partial charge in [-0.05, 0) is 55.5 Å². The fourth-order valence-corrected chi connectivity index (χ4v) is 4.79. The number of methoxy groups -OCH3 is 1. The minimum absolute atomic E-state index is 0.312. The second-order valence-electron chi connectivity index (χ2n) is 8.33. The predicted molar refractivity (Wildman–Crippen MR) is 145 cm³/mol. The van der Waals surface area contributed by atoms with Gasteiger partial charge in [-0.3, -0.25) is 19.9 Å². The van der Waals surface area contributed by atoms with Crippen LogP contribution in [0.4, 0.5) is 5.13 Å². The molecule has 9 nitrogen and oxygen atoms in total. The number of nitrogens with zero attached hydrogens (tertiary/aromatic N) is 4. The number of carbonyl (C=O) groups is 2. The summed E-state index contributed by atoms with van der Waals surface area (Å²) in [6, 6.07) is 19.4. The van der Waals surface area contributed by atoms with E-state index in [-0.39, 0.29) is 0 Å². The lowest BCUT2D eigenvalue weighted by Crippen LogP contribution is -2.14. The van der Waals surface area contributed by atoms with Crippen molar-refractivity contribution in [2.24, 2.45) is 5.73 Å². The summed E-state index contributed by atoms with van der Waals surface area (Å²) in [5, 5.41) is 12.6. The third-order valence-electron chi connectivity index (χ3n) is 5.85. The summed E-state index contributed by atoms with van der Waals surface area (Å²) in [5.41, 5.74) is 10.6. The summed E-state index contributed by atoms with van der Waals surface area (Å²) in [5.74, 6) is -0.367. The van der Waals surface area contributed by atoms with Gasteiger partial charge in [0.25, 0.3) is 5.91 Å². The average molecular weight is 521 g/mol. The number of rotatable bonds is 6. The van der Waals surface area contributed by atoms with Crippen LogP contribution in [0.1, 0.15) is 32.0 Å². The van der Waals surface area contributed by atoms with E-state index >= 15 is 0 Å². The Morgan fingerprint density at radius 2 is 1.82 bits per heavy atom. The van der Waals surface area contributed by atoms with E-state index in [1.165, 1.54) is 24.6 Å². The molecule has 0 atom stereocenters. The number of aryl methyl sites for hydroxylation is 1. The molecule has 0 fully saturated rings. The van der Waals surface area contributed by atoms with Gasteiger partial charge in [0.2, 0.25) is 5.91 Å². The van der Waals surface area contributed by atoms with Crippen LogP contribution in [-0.4, -0.2) is 33.9 Å². The fraction of sp³-hybridized carbons (Fsp3) is 0.0714. The van der Waals surface area contributed by atoms with Crippen molar-refractivity contribution >= 4 is 38.6 Å². The van der Waals surface area contributed by atoms with Gasteiger partial charge in [0.1, 0.15) is 16.1 Å². The van der Waals surface area contributed by atoms with Crippen molar-refractivity contribution in [1.29, 1.82) is 5.26 Å². The molecule has 0 aliphatic carbocycles. The van der Waals surface area contributed by atoms with Crippen molar-refractivity contribution in [3.8, 4) is 34.2 Å². The zero-order chi connectivity index (χ0) is 26.8. The Morgan fingerprint density at radius 3 is 2.53 bits per heavy atom. The summed E-state index contributed by atoms with van der Waals surface area (Å²) in [4.78, 5) is 38.8. The molecule has 3 heterocycles. The van der Waals surface area contributed by atoms with Crippen molar-refractivity contribution in [2.45, 2.75) is 6.92 Å². The monoisotopic (exact) mass is 520 g/mol. The Kier molecular flexibility index (Phi) is 6.51. The number of anilines is 1. The number of amides is 2. The fourth-order valence-electron chi connectivity index (χ4n) is 3.95. The van der Waals surface area contributed by atoms with E-state index in [1.54, 1.807) is 48.5 Å². The molecule has 0 radical (unpaired) electrons. The molecular weight excluding hydrogens is 500 g/mol. The molecule has 5 aromatic rings. The van der Waals surface area contributed by atoms with Crippen LogP contribution < -0.4 is 15.8 Å². The maximum atomic E-state index is 13.4. The lowest BCUT2D eigenvalue weighted by molar-refractivity contribution is 0.0997. The van der Waals surface area contributed by atoms with Crippen LogP contribution in [-0.2, 0) is 0 Å². The molecule has 38 heavy (non-hydrogen) atoms. The Bertz CT molecular complexity index is 1760. The van der Waals surface area contributed by atoms with Gasteiger partial charge in [0.15, 0.2) is 5.13 Å². The zero-order valence-corrected chi connectivity index (χ0v) is 21.2. The van der Waals surface area contributed by atoms with E-state index in [4.69, 9.17) is 10.5 Å². The largest absolute Gasteiger partial charge is 0.496 e. The number of primary amides is 1. The van der Waals surface area contributed by atoms with Crippen LogP contribution in [0, 0.1) is 18.3 Å². The van der Waals surface area contributed by atoms with Gasteiger partial charge in [0.05, 0.1) is 30.0 Å². The first-order chi connectivity index (χ1) is 18.4. The van der Waals surface area contributed by atoms with Crippen LogP contribution in [0.3, 0.4) is 0 Å². The van der Waals surface area contributed by atoms with Gasteiger partial charge in [-0.25, -0.2) is 9.97 Å². The predicted octanol–water partition coefficient (Wildman–Crippen LogP) is 4.96. The van der Waals surface area contributed by atoms with Crippen molar-refractivity contribution in [1.82, 2.24) is 15.0 Å². The molecule has 2 amide bonds. The van der Waals surface area contributed by atoms with Gasteiger partial charge in [-0.2, -0.15) is 5.26 Å². The quantitative estimate of drug-likeness (QED) is 0.322. The smallest absolute Gasteiger partial charge is 0.259 e. The van der Waals surface area contributed by atoms with Crippen molar-refractivity contribution < 1.29 is 14.3 Å². The first kappa shape index (κ1) is 24.5. The molecule has 0 saturated heterocycles. The Balaban J connectivity index is 1.46. The maximum absolute atomic E-state index is 13.4. The highest BCUT2D eigenvalue weighted by molar-refractivity contribution is 7.22. The molecule has 0 unspecified atom stereocenters. The lowest BCUT2D eigenvalue weighted by atomic mass is 9.97. The van der Waals surface area contributed by atoms with Gasteiger partial charge in [-0.15, -0.1) is 0 Å². The number of carbonyl (C=O) groups excluding carboxylic acids is 2. The molecule has 10 heteroatoms. The second-order valence-corrected chi connectivity index (χ2v) is 9.31. The minimum atomic E-state index is -0.494. The van der Waals surface area contributed by atoms with E-state index in [0.717, 1.165) is 5.56 Å². The normalized spacial score (nSPS) is 10.7. The molecule has 186 valence electrons. The van der Waals surface area contributed by atoms with Crippen molar-refractivity contribution in [3.05, 3.63) is 89.2 Å². The van der Waals surface area contributed by atoms with Crippen molar-refractivity contribution in [2.75, 3.05) is 12.4 Å². The molecule has 0 saturated carbocycles. The third kappa shape index (κ3) is 4.78. The molecule has 0 spiro atoms. The lowest BCUT2D eigenvalue weighted by Gasteiger charge is -2.13. The highest BCUT2D eigenvalue weighted by Crippen LogP contribution is 2.34. The molecular formula is C28H20N6O3S. The summed E-state index contributed by atoms with van der Waals surface area (Å²) < 4.78 is 5.49. The molecule has 3 N–H and O–H groups in total. The standard InChI is InChI=1S/C28H20N6O3S/c1-15-11-19(20-12-16(13-29)3-10-24(20)37-2)21(14-31-15)26(36)34-28-33-23-9-8-22(32-27(23)38-28)17-4-6-18(7-5-17)25(30)35/h3-12,14H,1-2H3,(H2,30,35)(H,33,34,36). The van der Waals surface area contributed by atoms with E-state index < -0.39 is 11.8 Å². The number of nitrogens with two attached hydrogens (primary N) is 1. The van der Waals surface area contributed by atoms with Crippen LogP contribution >= 0.6 is 11.3 Å². The van der Waals surface area contributed by atoms with E-state index in [2.05, 4.69) is 26.3 Å². The molecule has 5 rings (SSSR count). The van der Waals surface area contributed by atoms with E-state index in [9.17, 15) is 14.9 Å². The number of ether oxygens (including phenoxy) is 1. The summed E-state index contributed by atoms with van der Waals surface area (Å²) in [7, 11) is 1.53. The third-order valence-corrected chi connectivity index (χ3v) is 6.73. The first-order valence-corrected chi connectivity index (χ1v) is 12.2. The van der Waals surface area contributed by atoms with Gasteiger partial charge in [-0.1, -0.05) is 23.5 Å². The Morgan fingerprint density at radius 1 is 1.03 bits per heavy atom. The number of thiazole rings is 1. The number of nitriles is 1. The minimum Gasteiger partial charge on any atom is -0.496 e. The molecule has 0 bridgehead atoms. The van der Waals surface area contributed by atoms with Crippen LogP contribution in [0.2, 0.25) is 0 Å². The van der Waals surface area contributed by atoms with Crippen LogP contribution in [0.25, 0.3) is 32.7 Å². The van der Waals surface area contributed by atoms with Gasteiger partial charge >= 0.3 is 0 Å². The Hall–Kier alpha value is -5.14. The zero-order valence-electron chi connectivity index (χ0n) is 20.4. The summed E-state index contributed by atoms with van der Waals surface area (Å²) in [6.07, 6.45) is 1.50. The Labute approximate surface area is 221 Å². The second kappa shape index (κ2) is 10.1. The van der Waals surface area contributed by atoms with E-state index in [1.807, 2.05) is 19.1 Å². The number of pyridine rings is 2. The highest BCUT2D eigenvalue weighted by Gasteiger charge is 2.19. The van der Waals surface area contributed by atoms with Gasteiger partial charge in [0, 0.05) is 34.1 Å². The van der Waals surface area contributed by atoms with Crippen LogP contribution in [0.15, 0.2) is 66.9 Å². The number of fused-ring (bicyclic) bond motifs is 1. The van der Waals surface area contributed by atoms with Crippen LogP contribution in [0.5, 0.6) is 5.75 Å². The maximum Gasteiger partial charge on any atom is 0.259 e. The topological polar surface area (TPSA) is 144 Å². The number of hydrogen-bond donors (Lipinski definition) is 2. The average Bonchev–Trinajstić information content (AvgIpc) is 3.34. The number of hydrogen-bond acceptors (Lipinski definition) is 8. The van der Waals surface area contributed by atoms with Gasteiger partial charge < -0.3 is 10.5 Å².